The van der Waals surface area contributed by atoms with E-state index in [1.165, 1.54) is 43.8 Å². The first-order chi connectivity index (χ1) is 27.3. The fourth-order valence-corrected chi connectivity index (χ4v) is 8.56. The number of rotatable bonds is 6. The lowest BCUT2D eigenvalue weighted by molar-refractivity contribution is 0.669. The number of hydrogen-bond donors (Lipinski definition) is 0. The summed E-state index contributed by atoms with van der Waals surface area (Å²) in [6.45, 7) is 0. The average molecular weight is 703 g/mol. The van der Waals surface area contributed by atoms with E-state index in [-0.39, 0.29) is 0 Å². The van der Waals surface area contributed by atoms with E-state index < -0.39 is 0 Å². The van der Waals surface area contributed by atoms with E-state index in [2.05, 4.69) is 210 Å². The highest BCUT2D eigenvalue weighted by molar-refractivity contribution is 6.19. The van der Waals surface area contributed by atoms with Gasteiger partial charge in [0.25, 0.3) is 0 Å². The molecular formula is C52H34N2O. The van der Waals surface area contributed by atoms with Gasteiger partial charge in [-0.3, -0.25) is 0 Å². The third-order valence-electron chi connectivity index (χ3n) is 11.0. The Labute approximate surface area is 318 Å². The van der Waals surface area contributed by atoms with Gasteiger partial charge in [-0.15, -0.1) is 0 Å². The van der Waals surface area contributed by atoms with E-state index in [4.69, 9.17) is 4.42 Å². The molecule has 0 spiro atoms. The molecule has 11 rings (SSSR count). The Kier molecular flexibility index (Phi) is 7.17. The molecule has 0 aliphatic carbocycles. The van der Waals surface area contributed by atoms with Crippen molar-refractivity contribution in [3.63, 3.8) is 0 Å². The van der Waals surface area contributed by atoms with E-state index in [1.807, 2.05) is 6.07 Å². The van der Waals surface area contributed by atoms with E-state index in [0.717, 1.165) is 55.8 Å². The lowest BCUT2D eigenvalue weighted by atomic mass is 9.94. The van der Waals surface area contributed by atoms with Crippen molar-refractivity contribution >= 4 is 71.6 Å². The van der Waals surface area contributed by atoms with Gasteiger partial charge in [-0.05, 0) is 93.7 Å². The molecular weight excluding hydrogens is 669 g/mol. The zero-order valence-corrected chi connectivity index (χ0v) is 29.9. The summed E-state index contributed by atoms with van der Waals surface area (Å²) in [7, 11) is 0. The molecule has 11 aromatic rings. The molecule has 9 aromatic carbocycles. The van der Waals surface area contributed by atoms with Crippen LogP contribution < -0.4 is 4.90 Å². The van der Waals surface area contributed by atoms with Gasteiger partial charge in [-0.2, -0.15) is 0 Å². The maximum atomic E-state index is 6.45. The SMILES string of the molecule is c1ccc(-c2cccc(N(c3ccc4c5c(-c6cccc7ccccc67)cccc5n(-c5ccccc5)c4c3)c3cccc4oc5ccccc5c34)c2)cc1. The second kappa shape index (κ2) is 12.6. The number of benzene rings is 9. The molecule has 0 fully saturated rings. The maximum Gasteiger partial charge on any atom is 0.137 e. The van der Waals surface area contributed by atoms with Crippen LogP contribution in [0.1, 0.15) is 0 Å². The van der Waals surface area contributed by atoms with Crippen molar-refractivity contribution in [1.29, 1.82) is 0 Å². The quantitative estimate of drug-likeness (QED) is 0.172. The first-order valence-corrected chi connectivity index (χ1v) is 18.8. The monoisotopic (exact) mass is 702 g/mol. The molecule has 258 valence electrons. The van der Waals surface area contributed by atoms with Crippen LogP contribution in [0.5, 0.6) is 0 Å². The summed E-state index contributed by atoms with van der Waals surface area (Å²) in [5, 5.41) is 7.11. The topological polar surface area (TPSA) is 21.3 Å². The van der Waals surface area contributed by atoms with E-state index in [1.54, 1.807) is 0 Å². The zero-order valence-electron chi connectivity index (χ0n) is 29.9. The van der Waals surface area contributed by atoms with Gasteiger partial charge in [0.2, 0.25) is 0 Å². The fraction of sp³-hybridized carbons (Fsp3) is 0. The standard InChI is InChI=1S/C52H34N2O/c1-3-15-35(16-4-1)37-19-11-22-39(33-37)53(47-28-14-30-50-52(47)45-24-9-10-29-49(45)55-50)40-31-32-44-48(34-40)54(38-20-5-2-6-21-38)46-27-13-26-43(51(44)46)42-25-12-18-36-17-7-8-23-41(36)42/h1-34H. The molecule has 0 saturated heterocycles. The molecule has 0 N–H and O–H groups in total. The van der Waals surface area contributed by atoms with Crippen molar-refractivity contribution in [2.75, 3.05) is 4.90 Å². The summed E-state index contributed by atoms with van der Waals surface area (Å²) < 4.78 is 8.88. The van der Waals surface area contributed by atoms with Crippen LogP contribution in [0, 0.1) is 0 Å². The largest absolute Gasteiger partial charge is 0.456 e. The first kappa shape index (κ1) is 31.2. The molecule has 0 amide bonds. The fourth-order valence-electron chi connectivity index (χ4n) is 8.56. The summed E-state index contributed by atoms with van der Waals surface area (Å²) in [5.41, 5.74) is 13.2. The minimum Gasteiger partial charge on any atom is -0.456 e. The number of furan rings is 1. The molecule has 3 heteroatoms. The molecule has 0 aliphatic rings. The number of fused-ring (bicyclic) bond motifs is 7. The van der Waals surface area contributed by atoms with Crippen LogP contribution in [0.15, 0.2) is 211 Å². The van der Waals surface area contributed by atoms with Gasteiger partial charge in [0.05, 0.1) is 22.1 Å². The molecule has 55 heavy (non-hydrogen) atoms. The van der Waals surface area contributed by atoms with Crippen LogP contribution in [0.3, 0.4) is 0 Å². The molecule has 0 aliphatic heterocycles. The predicted octanol–water partition coefficient (Wildman–Crippen LogP) is 14.6. The predicted molar refractivity (Wildman–Crippen MR) is 231 cm³/mol. The van der Waals surface area contributed by atoms with Crippen LogP contribution in [0.4, 0.5) is 17.1 Å². The minimum atomic E-state index is 0.863. The number of aromatic nitrogens is 1. The third kappa shape index (κ3) is 5.05. The van der Waals surface area contributed by atoms with E-state index in [9.17, 15) is 0 Å². The second-order valence-electron chi connectivity index (χ2n) is 14.1. The van der Waals surface area contributed by atoms with Crippen molar-refractivity contribution in [3.05, 3.63) is 206 Å². The molecule has 0 bridgehead atoms. The Morgan fingerprint density at radius 1 is 0.382 bits per heavy atom. The molecule has 2 heterocycles. The van der Waals surface area contributed by atoms with Gasteiger partial charge in [-0.25, -0.2) is 0 Å². The van der Waals surface area contributed by atoms with Gasteiger partial charge in [0.1, 0.15) is 11.2 Å². The molecule has 2 aromatic heterocycles. The van der Waals surface area contributed by atoms with E-state index in [0.29, 0.717) is 0 Å². The van der Waals surface area contributed by atoms with Gasteiger partial charge in [0.15, 0.2) is 0 Å². The highest BCUT2D eigenvalue weighted by Gasteiger charge is 2.23. The Hall–Kier alpha value is -7.36. The molecule has 0 saturated carbocycles. The summed E-state index contributed by atoms with van der Waals surface area (Å²) in [4.78, 5) is 2.40. The Balaban J connectivity index is 1.22. The minimum absolute atomic E-state index is 0.863. The summed E-state index contributed by atoms with van der Waals surface area (Å²) in [6.07, 6.45) is 0. The smallest absolute Gasteiger partial charge is 0.137 e. The van der Waals surface area contributed by atoms with Crippen molar-refractivity contribution in [2.24, 2.45) is 0 Å². The lowest BCUT2D eigenvalue weighted by Gasteiger charge is -2.27. The first-order valence-electron chi connectivity index (χ1n) is 18.8. The van der Waals surface area contributed by atoms with Crippen molar-refractivity contribution < 1.29 is 4.42 Å². The van der Waals surface area contributed by atoms with Gasteiger partial charge >= 0.3 is 0 Å². The highest BCUT2D eigenvalue weighted by atomic mass is 16.3. The number of anilines is 3. The van der Waals surface area contributed by atoms with Crippen molar-refractivity contribution in [3.8, 4) is 27.9 Å². The van der Waals surface area contributed by atoms with Crippen molar-refractivity contribution in [2.45, 2.75) is 0 Å². The summed E-state index contributed by atoms with van der Waals surface area (Å²) >= 11 is 0. The lowest BCUT2D eigenvalue weighted by Crippen LogP contribution is -2.10. The average Bonchev–Trinajstić information content (AvgIpc) is 3.80. The summed E-state index contributed by atoms with van der Waals surface area (Å²) in [6, 6.07) is 74.0. The number of hydrogen-bond acceptors (Lipinski definition) is 2. The van der Waals surface area contributed by atoms with Crippen LogP contribution in [-0.4, -0.2) is 4.57 Å². The van der Waals surface area contributed by atoms with Crippen LogP contribution in [0.2, 0.25) is 0 Å². The van der Waals surface area contributed by atoms with Crippen LogP contribution in [0.25, 0.3) is 82.5 Å². The van der Waals surface area contributed by atoms with Crippen LogP contribution >= 0.6 is 0 Å². The Morgan fingerprint density at radius 2 is 1.04 bits per heavy atom. The zero-order chi connectivity index (χ0) is 36.3. The van der Waals surface area contributed by atoms with Crippen LogP contribution in [-0.2, 0) is 0 Å². The van der Waals surface area contributed by atoms with Gasteiger partial charge in [0, 0.05) is 33.2 Å². The number of nitrogens with zero attached hydrogens (tertiary/aromatic N) is 2. The van der Waals surface area contributed by atoms with Crippen molar-refractivity contribution in [1.82, 2.24) is 4.57 Å². The van der Waals surface area contributed by atoms with E-state index >= 15 is 0 Å². The third-order valence-corrected chi connectivity index (χ3v) is 11.0. The number of para-hydroxylation sites is 2. The second-order valence-corrected chi connectivity index (χ2v) is 14.1. The molecule has 0 unspecified atom stereocenters. The van der Waals surface area contributed by atoms with Gasteiger partial charge < -0.3 is 13.9 Å². The van der Waals surface area contributed by atoms with Gasteiger partial charge in [-0.1, -0.05) is 146 Å². The molecule has 0 radical (unpaired) electrons. The summed E-state index contributed by atoms with van der Waals surface area (Å²) in [5.74, 6) is 0. The Morgan fingerprint density at radius 3 is 1.93 bits per heavy atom. The molecule has 0 atom stereocenters. The normalized spacial score (nSPS) is 11.6. The highest BCUT2D eigenvalue weighted by Crippen LogP contribution is 2.46. The Bertz CT molecular complexity index is 3200. The molecule has 3 nitrogen and oxygen atoms in total. The maximum absolute atomic E-state index is 6.45.